The molecule has 1 amide bonds. The second-order valence-corrected chi connectivity index (χ2v) is 5.22. The highest BCUT2D eigenvalue weighted by atomic mass is 79.9. The predicted octanol–water partition coefficient (Wildman–Crippen LogP) is 4.94. The molecule has 21 heavy (non-hydrogen) atoms. The van der Waals surface area contributed by atoms with Gasteiger partial charge < -0.3 is 9.15 Å². The van der Waals surface area contributed by atoms with Gasteiger partial charge in [0.25, 0.3) is 0 Å². The quantitative estimate of drug-likeness (QED) is 0.730. The molecule has 1 heterocycles. The van der Waals surface area contributed by atoms with Gasteiger partial charge in [-0.1, -0.05) is 42.5 Å². The van der Waals surface area contributed by atoms with Crippen molar-refractivity contribution in [1.29, 1.82) is 0 Å². The summed E-state index contributed by atoms with van der Waals surface area (Å²) in [6.45, 7) is 0.213. The molecule has 0 aliphatic rings. The molecule has 106 valence electrons. The van der Waals surface area contributed by atoms with Crippen molar-refractivity contribution in [2.24, 2.45) is 0 Å². The maximum atomic E-state index is 11.8. The molecule has 0 bridgehead atoms. The van der Waals surface area contributed by atoms with Crippen molar-refractivity contribution in [2.45, 2.75) is 6.61 Å². The Labute approximate surface area is 129 Å². The Balaban J connectivity index is 1.67. The standard InChI is InChI=1S/C16H12BrNO3/c17-14-12-8-4-5-9-13(12)21-15(14)18-16(19)20-10-11-6-2-1-3-7-11/h1-9H,10H2,(H,18,19). The maximum absolute atomic E-state index is 11.8. The van der Waals surface area contributed by atoms with Crippen molar-refractivity contribution in [3.05, 3.63) is 64.6 Å². The van der Waals surface area contributed by atoms with Crippen LogP contribution in [0, 0.1) is 0 Å². The van der Waals surface area contributed by atoms with Crippen molar-refractivity contribution in [1.82, 2.24) is 0 Å². The molecule has 1 N–H and O–H groups in total. The van der Waals surface area contributed by atoms with Crippen LogP contribution in [0.15, 0.2) is 63.5 Å². The Bertz CT molecular complexity index is 768. The Hall–Kier alpha value is -2.27. The van der Waals surface area contributed by atoms with Gasteiger partial charge in [0.15, 0.2) is 0 Å². The molecule has 0 saturated heterocycles. The number of hydrogen-bond donors (Lipinski definition) is 1. The molecule has 0 unspecified atom stereocenters. The highest BCUT2D eigenvalue weighted by Gasteiger charge is 2.14. The molecule has 0 saturated carbocycles. The topological polar surface area (TPSA) is 51.5 Å². The lowest BCUT2D eigenvalue weighted by molar-refractivity contribution is 0.154. The van der Waals surface area contributed by atoms with E-state index in [0.29, 0.717) is 15.9 Å². The van der Waals surface area contributed by atoms with E-state index in [1.807, 2.05) is 54.6 Å². The number of fused-ring (bicyclic) bond motifs is 1. The second kappa shape index (κ2) is 6.01. The van der Waals surface area contributed by atoms with Gasteiger partial charge in [-0.2, -0.15) is 0 Å². The van der Waals surface area contributed by atoms with Crippen LogP contribution in [0.1, 0.15) is 5.56 Å². The number of nitrogens with one attached hydrogen (secondary N) is 1. The van der Waals surface area contributed by atoms with Crippen LogP contribution in [-0.2, 0) is 11.3 Å². The van der Waals surface area contributed by atoms with Gasteiger partial charge in [-0.15, -0.1) is 0 Å². The number of furan rings is 1. The molecular weight excluding hydrogens is 334 g/mol. The van der Waals surface area contributed by atoms with Crippen molar-refractivity contribution in [2.75, 3.05) is 5.32 Å². The number of para-hydroxylation sites is 1. The third-order valence-electron chi connectivity index (χ3n) is 2.96. The Kier molecular flexibility index (Phi) is 3.92. The summed E-state index contributed by atoms with van der Waals surface area (Å²) in [5, 5.41) is 3.49. The van der Waals surface area contributed by atoms with Gasteiger partial charge in [-0.25, -0.2) is 4.79 Å². The predicted molar refractivity (Wildman–Crippen MR) is 84.2 cm³/mol. The number of carbonyl (C=O) groups excluding carboxylic acids is 1. The van der Waals surface area contributed by atoms with Crippen molar-refractivity contribution in [3.63, 3.8) is 0 Å². The summed E-state index contributed by atoms with van der Waals surface area (Å²) in [6.07, 6.45) is -0.557. The average Bonchev–Trinajstić information content (AvgIpc) is 2.83. The molecule has 0 spiro atoms. The monoisotopic (exact) mass is 345 g/mol. The Morgan fingerprint density at radius 3 is 2.57 bits per heavy atom. The normalized spacial score (nSPS) is 10.5. The minimum absolute atomic E-state index is 0.213. The first kappa shape index (κ1) is 13.7. The second-order valence-electron chi connectivity index (χ2n) is 4.43. The number of carbonyl (C=O) groups is 1. The molecule has 0 radical (unpaired) electrons. The van der Waals surface area contributed by atoms with E-state index in [0.717, 1.165) is 10.9 Å². The van der Waals surface area contributed by atoms with Crippen LogP contribution in [0.25, 0.3) is 11.0 Å². The van der Waals surface area contributed by atoms with Crippen molar-refractivity contribution < 1.29 is 13.9 Å². The van der Waals surface area contributed by atoms with Crippen LogP contribution >= 0.6 is 15.9 Å². The van der Waals surface area contributed by atoms with Crippen LogP contribution in [0.2, 0.25) is 0 Å². The molecule has 3 rings (SSSR count). The lowest BCUT2D eigenvalue weighted by Gasteiger charge is -2.05. The Morgan fingerprint density at radius 2 is 1.81 bits per heavy atom. The smallest absolute Gasteiger partial charge is 0.414 e. The third kappa shape index (κ3) is 3.08. The molecule has 3 aromatic rings. The molecular formula is C16H12BrNO3. The summed E-state index contributed by atoms with van der Waals surface area (Å²) >= 11 is 3.41. The first-order valence-corrected chi connectivity index (χ1v) is 7.18. The summed E-state index contributed by atoms with van der Waals surface area (Å²) in [7, 11) is 0. The van der Waals surface area contributed by atoms with Crippen LogP contribution < -0.4 is 5.32 Å². The van der Waals surface area contributed by atoms with E-state index in [1.54, 1.807) is 0 Å². The van der Waals surface area contributed by atoms with Gasteiger partial charge in [-0.05, 0) is 33.6 Å². The first-order chi connectivity index (χ1) is 10.2. The zero-order valence-corrected chi connectivity index (χ0v) is 12.6. The number of ether oxygens (including phenoxy) is 1. The van der Waals surface area contributed by atoms with Gasteiger partial charge in [0.1, 0.15) is 12.2 Å². The number of halogens is 1. The lowest BCUT2D eigenvalue weighted by atomic mass is 10.2. The van der Waals surface area contributed by atoms with Crippen LogP contribution in [0.3, 0.4) is 0 Å². The first-order valence-electron chi connectivity index (χ1n) is 6.39. The van der Waals surface area contributed by atoms with Gasteiger partial charge in [0.2, 0.25) is 5.88 Å². The molecule has 1 aromatic heterocycles. The fraction of sp³-hybridized carbons (Fsp3) is 0.0625. The summed E-state index contributed by atoms with van der Waals surface area (Å²) in [4.78, 5) is 11.8. The van der Waals surface area contributed by atoms with Gasteiger partial charge in [0, 0.05) is 5.39 Å². The minimum atomic E-state index is -0.557. The zero-order valence-electron chi connectivity index (χ0n) is 11.0. The molecule has 0 fully saturated rings. The van der Waals surface area contributed by atoms with Gasteiger partial charge in [0.05, 0.1) is 4.47 Å². The minimum Gasteiger partial charge on any atom is -0.444 e. The van der Waals surface area contributed by atoms with Crippen LogP contribution in [0.5, 0.6) is 0 Å². The molecule has 0 aliphatic heterocycles. The van der Waals surface area contributed by atoms with E-state index in [4.69, 9.17) is 9.15 Å². The lowest BCUT2D eigenvalue weighted by Crippen LogP contribution is -2.13. The number of benzene rings is 2. The average molecular weight is 346 g/mol. The molecule has 4 nitrogen and oxygen atoms in total. The molecule has 2 aromatic carbocycles. The highest BCUT2D eigenvalue weighted by Crippen LogP contribution is 2.34. The van der Waals surface area contributed by atoms with Gasteiger partial charge in [-0.3, -0.25) is 5.32 Å². The fourth-order valence-corrected chi connectivity index (χ4v) is 2.45. The number of anilines is 1. The zero-order chi connectivity index (χ0) is 14.7. The molecule has 0 aliphatic carbocycles. The number of rotatable bonds is 3. The van der Waals surface area contributed by atoms with Crippen molar-refractivity contribution >= 4 is 38.9 Å². The number of amides is 1. The Morgan fingerprint density at radius 1 is 1.10 bits per heavy atom. The highest BCUT2D eigenvalue weighted by molar-refractivity contribution is 9.10. The summed E-state index contributed by atoms with van der Waals surface area (Å²) < 4.78 is 11.4. The summed E-state index contributed by atoms with van der Waals surface area (Å²) in [6, 6.07) is 17.0. The van der Waals surface area contributed by atoms with E-state index >= 15 is 0 Å². The van der Waals surface area contributed by atoms with Gasteiger partial charge >= 0.3 is 6.09 Å². The SMILES string of the molecule is O=C(Nc1oc2ccccc2c1Br)OCc1ccccc1. The fourth-order valence-electron chi connectivity index (χ4n) is 1.95. The maximum Gasteiger partial charge on any atom is 0.414 e. The van der Waals surface area contributed by atoms with Crippen LogP contribution in [0.4, 0.5) is 10.7 Å². The van der Waals surface area contributed by atoms with Crippen LogP contribution in [-0.4, -0.2) is 6.09 Å². The third-order valence-corrected chi connectivity index (χ3v) is 3.75. The van der Waals surface area contributed by atoms with E-state index in [1.165, 1.54) is 0 Å². The van der Waals surface area contributed by atoms with E-state index < -0.39 is 6.09 Å². The van der Waals surface area contributed by atoms with Crippen molar-refractivity contribution in [3.8, 4) is 0 Å². The largest absolute Gasteiger partial charge is 0.444 e. The van der Waals surface area contributed by atoms with E-state index in [-0.39, 0.29) is 6.61 Å². The van der Waals surface area contributed by atoms with E-state index in [2.05, 4.69) is 21.2 Å². The molecule has 0 atom stereocenters. The number of hydrogen-bond acceptors (Lipinski definition) is 3. The molecule has 5 heteroatoms. The van der Waals surface area contributed by atoms with E-state index in [9.17, 15) is 4.79 Å². The summed E-state index contributed by atoms with van der Waals surface area (Å²) in [5.41, 5.74) is 1.62. The summed E-state index contributed by atoms with van der Waals surface area (Å²) in [5.74, 6) is 0.342.